The predicted octanol–water partition coefficient (Wildman–Crippen LogP) is 3.17. The van der Waals surface area contributed by atoms with Gasteiger partial charge in [-0.3, -0.25) is 0 Å². The van der Waals surface area contributed by atoms with E-state index in [9.17, 15) is 8.78 Å². The minimum absolute atomic E-state index is 0.445. The molecule has 0 aliphatic carbocycles. The van der Waals surface area contributed by atoms with Gasteiger partial charge in [0.2, 0.25) is 0 Å². The summed E-state index contributed by atoms with van der Waals surface area (Å²) in [6.45, 7) is 1.96. The zero-order valence-corrected chi connectivity index (χ0v) is 10.4. The van der Waals surface area contributed by atoms with Gasteiger partial charge in [0.25, 0.3) is 0 Å². The Morgan fingerprint density at radius 2 is 2.17 bits per heavy atom. The zero-order valence-electron chi connectivity index (χ0n) is 9.62. The van der Waals surface area contributed by atoms with Crippen LogP contribution in [0.15, 0.2) is 23.6 Å². The number of rotatable bonds is 2. The van der Waals surface area contributed by atoms with Crippen molar-refractivity contribution in [2.24, 2.45) is 0 Å². The fraction of sp³-hybridized carbons (Fsp3) is 0.308. The molecule has 1 N–H and O–H groups in total. The highest BCUT2D eigenvalue weighted by Gasteiger charge is 2.19. The SMILES string of the molecule is Fc1ccc(-c2nc(C3CCNC3)cs2)cc1F. The van der Waals surface area contributed by atoms with Gasteiger partial charge < -0.3 is 5.32 Å². The average Bonchev–Trinajstić information content (AvgIpc) is 3.01. The van der Waals surface area contributed by atoms with Crippen LogP contribution < -0.4 is 5.32 Å². The van der Waals surface area contributed by atoms with Crippen LogP contribution in [0.3, 0.4) is 0 Å². The lowest BCUT2D eigenvalue weighted by atomic mass is 10.1. The standard InChI is InChI=1S/C13H12F2N2S/c14-10-2-1-8(5-11(10)15)13-17-12(7-18-13)9-3-4-16-6-9/h1-2,5,7,9,16H,3-4,6H2. The van der Waals surface area contributed by atoms with Crippen molar-refractivity contribution in [2.75, 3.05) is 13.1 Å². The molecule has 1 atom stereocenters. The van der Waals surface area contributed by atoms with Gasteiger partial charge in [-0.1, -0.05) is 0 Å². The summed E-state index contributed by atoms with van der Waals surface area (Å²) in [5.41, 5.74) is 1.68. The molecule has 1 unspecified atom stereocenters. The van der Waals surface area contributed by atoms with Gasteiger partial charge in [0, 0.05) is 23.4 Å². The Morgan fingerprint density at radius 3 is 2.89 bits per heavy atom. The van der Waals surface area contributed by atoms with Gasteiger partial charge in [0.1, 0.15) is 5.01 Å². The van der Waals surface area contributed by atoms with Crippen molar-refractivity contribution in [1.29, 1.82) is 0 Å². The lowest BCUT2D eigenvalue weighted by Crippen LogP contribution is -2.08. The number of nitrogens with zero attached hydrogens (tertiary/aromatic N) is 1. The van der Waals surface area contributed by atoms with Gasteiger partial charge in [-0.2, -0.15) is 0 Å². The van der Waals surface area contributed by atoms with Crippen molar-refractivity contribution in [3.63, 3.8) is 0 Å². The monoisotopic (exact) mass is 266 g/mol. The highest BCUT2D eigenvalue weighted by molar-refractivity contribution is 7.13. The van der Waals surface area contributed by atoms with Crippen LogP contribution >= 0.6 is 11.3 Å². The Hall–Kier alpha value is -1.33. The molecule has 94 valence electrons. The van der Waals surface area contributed by atoms with Crippen molar-refractivity contribution in [3.05, 3.63) is 40.9 Å². The number of hydrogen-bond acceptors (Lipinski definition) is 3. The average molecular weight is 266 g/mol. The molecule has 18 heavy (non-hydrogen) atoms. The van der Waals surface area contributed by atoms with Gasteiger partial charge in [-0.25, -0.2) is 13.8 Å². The molecule has 0 spiro atoms. The number of benzene rings is 1. The van der Waals surface area contributed by atoms with Gasteiger partial charge in [-0.05, 0) is 31.2 Å². The summed E-state index contributed by atoms with van der Waals surface area (Å²) < 4.78 is 26.0. The predicted molar refractivity (Wildman–Crippen MR) is 67.7 cm³/mol. The lowest BCUT2D eigenvalue weighted by Gasteiger charge is -2.02. The summed E-state index contributed by atoms with van der Waals surface area (Å²) in [4.78, 5) is 4.52. The molecule has 0 saturated carbocycles. The maximum absolute atomic E-state index is 13.2. The van der Waals surface area contributed by atoms with E-state index in [0.717, 1.165) is 36.3 Å². The minimum Gasteiger partial charge on any atom is -0.316 e. The van der Waals surface area contributed by atoms with E-state index in [1.54, 1.807) is 6.07 Å². The van der Waals surface area contributed by atoms with E-state index in [4.69, 9.17) is 0 Å². The van der Waals surface area contributed by atoms with Crippen LogP contribution in [-0.4, -0.2) is 18.1 Å². The maximum Gasteiger partial charge on any atom is 0.159 e. The Morgan fingerprint density at radius 1 is 1.28 bits per heavy atom. The van der Waals surface area contributed by atoms with Crippen molar-refractivity contribution >= 4 is 11.3 Å². The Bertz CT molecular complexity index is 562. The fourth-order valence-electron chi connectivity index (χ4n) is 2.14. The third-order valence-corrected chi connectivity index (χ3v) is 4.08. The van der Waals surface area contributed by atoms with Gasteiger partial charge in [0.15, 0.2) is 11.6 Å². The van der Waals surface area contributed by atoms with Crippen molar-refractivity contribution < 1.29 is 8.78 Å². The quantitative estimate of drug-likeness (QED) is 0.903. The first-order valence-electron chi connectivity index (χ1n) is 5.85. The first kappa shape index (κ1) is 11.7. The van der Waals surface area contributed by atoms with Crippen LogP contribution in [0.5, 0.6) is 0 Å². The zero-order chi connectivity index (χ0) is 12.5. The first-order valence-corrected chi connectivity index (χ1v) is 6.73. The highest BCUT2D eigenvalue weighted by atomic mass is 32.1. The number of hydrogen-bond donors (Lipinski definition) is 1. The van der Waals surface area contributed by atoms with Crippen LogP contribution in [0, 0.1) is 11.6 Å². The molecule has 1 aliphatic rings. The van der Waals surface area contributed by atoms with E-state index in [0.29, 0.717) is 11.5 Å². The van der Waals surface area contributed by atoms with Gasteiger partial charge >= 0.3 is 0 Å². The second-order valence-electron chi connectivity index (χ2n) is 4.40. The highest BCUT2D eigenvalue weighted by Crippen LogP contribution is 2.30. The van der Waals surface area contributed by atoms with Crippen LogP contribution in [0.1, 0.15) is 18.0 Å². The van der Waals surface area contributed by atoms with E-state index in [2.05, 4.69) is 10.3 Å². The van der Waals surface area contributed by atoms with E-state index in [-0.39, 0.29) is 0 Å². The van der Waals surface area contributed by atoms with Crippen LogP contribution in [0.25, 0.3) is 10.6 Å². The fourth-order valence-corrected chi connectivity index (χ4v) is 3.04. The van der Waals surface area contributed by atoms with E-state index >= 15 is 0 Å². The topological polar surface area (TPSA) is 24.9 Å². The van der Waals surface area contributed by atoms with Crippen molar-refractivity contribution in [2.45, 2.75) is 12.3 Å². The first-order chi connectivity index (χ1) is 8.74. The Kier molecular flexibility index (Phi) is 3.09. The molecule has 1 saturated heterocycles. The second kappa shape index (κ2) is 4.74. The normalized spacial score (nSPS) is 19.3. The van der Waals surface area contributed by atoms with Crippen LogP contribution in [-0.2, 0) is 0 Å². The van der Waals surface area contributed by atoms with Crippen molar-refractivity contribution in [3.8, 4) is 10.6 Å². The Balaban J connectivity index is 1.89. The molecule has 0 bridgehead atoms. The largest absolute Gasteiger partial charge is 0.316 e. The van der Waals surface area contributed by atoms with E-state index < -0.39 is 11.6 Å². The summed E-state index contributed by atoms with van der Waals surface area (Å²) in [6, 6.07) is 3.90. The minimum atomic E-state index is -0.827. The summed E-state index contributed by atoms with van der Waals surface area (Å²) in [5, 5.41) is 6.05. The summed E-state index contributed by atoms with van der Waals surface area (Å²) >= 11 is 1.48. The lowest BCUT2D eigenvalue weighted by molar-refractivity contribution is 0.509. The van der Waals surface area contributed by atoms with Gasteiger partial charge in [0.05, 0.1) is 5.69 Å². The van der Waals surface area contributed by atoms with Gasteiger partial charge in [-0.15, -0.1) is 11.3 Å². The molecule has 1 fully saturated rings. The molecular weight excluding hydrogens is 254 g/mol. The van der Waals surface area contributed by atoms with Crippen LogP contribution in [0.2, 0.25) is 0 Å². The molecule has 1 aliphatic heterocycles. The molecule has 1 aromatic carbocycles. The maximum atomic E-state index is 13.2. The molecule has 0 amide bonds. The molecular formula is C13H12F2N2S. The Labute approximate surface area is 108 Å². The molecule has 5 heteroatoms. The molecule has 2 heterocycles. The van der Waals surface area contributed by atoms with E-state index in [1.807, 2.05) is 5.38 Å². The number of aromatic nitrogens is 1. The smallest absolute Gasteiger partial charge is 0.159 e. The molecule has 0 radical (unpaired) electrons. The summed E-state index contributed by atoms with van der Waals surface area (Å²) in [6.07, 6.45) is 1.08. The van der Waals surface area contributed by atoms with Crippen molar-refractivity contribution in [1.82, 2.24) is 10.3 Å². The number of thiazole rings is 1. The van der Waals surface area contributed by atoms with Crippen LogP contribution in [0.4, 0.5) is 8.78 Å². The summed E-state index contributed by atoms with van der Waals surface area (Å²) in [7, 11) is 0. The third-order valence-electron chi connectivity index (χ3n) is 3.17. The molecule has 1 aromatic heterocycles. The summed E-state index contributed by atoms with van der Waals surface area (Å²) in [5.74, 6) is -1.21. The molecule has 3 rings (SSSR count). The molecule has 2 aromatic rings. The number of halogens is 2. The third kappa shape index (κ3) is 2.15. The second-order valence-corrected chi connectivity index (χ2v) is 5.25. The molecule has 2 nitrogen and oxygen atoms in total. The number of nitrogens with one attached hydrogen (secondary N) is 1. The van der Waals surface area contributed by atoms with E-state index in [1.165, 1.54) is 17.4 Å².